The van der Waals surface area contributed by atoms with E-state index in [2.05, 4.69) is 0 Å². The van der Waals surface area contributed by atoms with E-state index in [0.29, 0.717) is 12.1 Å². The van der Waals surface area contributed by atoms with Crippen molar-refractivity contribution in [1.29, 1.82) is 5.26 Å². The third-order valence-corrected chi connectivity index (χ3v) is 5.63. The van der Waals surface area contributed by atoms with Gasteiger partial charge in [0, 0.05) is 5.69 Å². The maximum atomic E-state index is 13.2. The molecule has 0 radical (unpaired) electrons. The van der Waals surface area contributed by atoms with Gasteiger partial charge in [-0.05, 0) is 48.7 Å². The number of nitrogens with two attached hydrogens (primary N) is 1. The van der Waals surface area contributed by atoms with Crippen LogP contribution in [-0.4, -0.2) is 24.2 Å². The summed E-state index contributed by atoms with van der Waals surface area (Å²) in [6, 6.07) is 16.7. The second kappa shape index (κ2) is 8.19. The van der Waals surface area contributed by atoms with E-state index in [0.717, 1.165) is 16.9 Å². The van der Waals surface area contributed by atoms with Gasteiger partial charge >= 0.3 is 0 Å². The van der Waals surface area contributed by atoms with Gasteiger partial charge in [0.1, 0.15) is 22.4 Å². The average Bonchev–Trinajstić information content (AvgIpc) is 2.98. The molecule has 1 aliphatic heterocycles. The predicted octanol–water partition coefficient (Wildman–Crippen LogP) is 2.92. The highest BCUT2D eigenvalue weighted by atomic mass is 32.2. The number of carbonyl (C=O) groups excluding carboxylic acids is 2. The second-order valence-corrected chi connectivity index (χ2v) is 7.52. The smallest absolute Gasteiger partial charge is 0.262 e. The highest BCUT2D eigenvalue weighted by molar-refractivity contribution is 8.05. The minimum absolute atomic E-state index is 0.185. The summed E-state index contributed by atoms with van der Waals surface area (Å²) in [5.74, 6) is -0.299. The lowest BCUT2D eigenvalue weighted by Gasteiger charge is -2.18. The van der Waals surface area contributed by atoms with Gasteiger partial charge in [0.25, 0.3) is 5.91 Å². The summed E-state index contributed by atoms with van der Waals surface area (Å²) < 4.78 is 5.16. The molecule has 1 saturated heterocycles. The molecule has 2 N–H and O–H groups in total. The average molecular weight is 393 g/mol. The van der Waals surface area contributed by atoms with Gasteiger partial charge in [0.2, 0.25) is 5.91 Å². The lowest BCUT2D eigenvalue weighted by molar-refractivity contribution is -0.117. The van der Waals surface area contributed by atoms with Crippen molar-refractivity contribution < 1.29 is 14.3 Å². The predicted molar refractivity (Wildman–Crippen MR) is 109 cm³/mol. The van der Waals surface area contributed by atoms with Crippen LogP contribution >= 0.6 is 11.8 Å². The number of amides is 2. The van der Waals surface area contributed by atoms with Gasteiger partial charge in [-0.1, -0.05) is 36.0 Å². The molecule has 1 atom stereocenters. The maximum absolute atomic E-state index is 13.2. The van der Waals surface area contributed by atoms with E-state index in [4.69, 9.17) is 10.5 Å². The molecule has 2 aromatic rings. The fourth-order valence-corrected chi connectivity index (χ4v) is 4.29. The first-order valence-electron chi connectivity index (χ1n) is 8.59. The number of hydrogen-bond donors (Lipinski definition) is 1. The van der Waals surface area contributed by atoms with Gasteiger partial charge in [0.15, 0.2) is 0 Å². The fourth-order valence-electron chi connectivity index (χ4n) is 2.98. The molecule has 1 heterocycles. The van der Waals surface area contributed by atoms with Gasteiger partial charge in [-0.25, -0.2) is 0 Å². The molecule has 0 aliphatic carbocycles. The monoisotopic (exact) mass is 393 g/mol. The van der Waals surface area contributed by atoms with Crippen LogP contribution in [0.1, 0.15) is 11.1 Å². The first-order valence-corrected chi connectivity index (χ1v) is 9.47. The molecular formula is C21H19N3O3S. The maximum Gasteiger partial charge on any atom is 0.262 e. The molecule has 28 heavy (non-hydrogen) atoms. The zero-order valence-corrected chi connectivity index (χ0v) is 16.3. The Hall–Kier alpha value is -3.24. The summed E-state index contributed by atoms with van der Waals surface area (Å²) in [5, 5.41) is 9.24. The lowest BCUT2D eigenvalue weighted by atomic mass is 10.1. The Morgan fingerprint density at radius 1 is 1.29 bits per heavy atom. The van der Waals surface area contributed by atoms with Crippen molar-refractivity contribution in [3.63, 3.8) is 0 Å². The lowest BCUT2D eigenvalue weighted by Crippen LogP contribution is -2.31. The third-order valence-electron chi connectivity index (χ3n) is 4.36. The molecule has 6 nitrogen and oxygen atoms in total. The highest BCUT2D eigenvalue weighted by Crippen LogP contribution is 2.42. The van der Waals surface area contributed by atoms with Crippen LogP contribution in [0.5, 0.6) is 5.75 Å². The van der Waals surface area contributed by atoms with Crippen molar-refractivity contribution in [2.45, 2.75) is 18.6 Å². The van der Waals surface area contributed by atoms with E-state index in [1.54, 1.807) is 13.2 Å². The van der Waals surface area contributed by atoms with Crippen molar-refractivity contribution in [3.8, 4) is 11.8 Å². The van der Waals surface area contributed by atoms with E-state index in [-0.39, 0.29) is 16.5 Å². The summed E-state index contributed by atoms with van der Waals surface area (Å²) in [4.78, 5) is 26.4. The number of thioether (sulfide) groups is 1. The summed E-state index contributed by atoms with van der Waals surface area (Å²) >= 11 is 1.19. The summed E-state index contributed by atoms with van der Waals surface area (Å²) in [6.45, 7) is 1.91. The Labute approximate surface area is 167 Å². The van der Waals surface area contributed by atoms with Crippen LogP contribution in [0.15, 0.2) is 59.1 Å². The molecule has 1 fully saturated rings. The second-order valence-electron chi connectivity index (χ2n) is 6.33. The van der Waals surface area contributed by atoms with Crippen LogP contribution in [0.2, 0.25) is 0 Å². The van der Waals surface area contributed by atoms with Crippen molar-refractivity contribution in [2.75, 3.05) is 12.0 Å². The van der Waals surface area contributed by atoms with Gasteiger partial charge in [0.05, 0.1) is 12.4 Å². The van der Waals surface area contributed by atoms with Gasteiger partial charge in [-0.3, -0.25) is 14.5 Å². The molecule has 142 valence electrons. The zero-order chi connectivity index (χ0) is 20.3. The molecule has 3 rings (SSSR count). The molecule has 0 aromatic heterocycles. The van der Waals surface area contributed by atoms with Crippen LogP contribution in [0.3, 0.4) is 0 Å². The Morgan fingerprint density at radius 2 is 2.00 bits per heavy atom. The van der Waals surface area contributed by atoms with Crippen molar-refractivity contribution in [2.24, 2.45) is 5.73 Å². The van der Waals surface area contributed by atoms with Crippen LogP contribution in [0, 0.1) is 18.3 Å². The number of aryl methyl sites for hydroxylation is 1. The number of nitriles is 1. The van der Waals surface area contributed by atoms with Crippen molar-refractivity contribution in [3.05, 3.63) is 70.3 Å². The minimum atomic E-state index is -0.847. The summed E-state index contributed by atoms with van der Waals surface area (Å²) in [5.41, 5.74) is 7.70. The number of hydrogen-bond acceptors (Lipinski definition) is 5. The van der Waals surface area contributed by atoms with Crippen LogP contribution < -0.4 is 15.4 Å². The number of benzene rings is 2. The summed E-state index contributed by atoms with van der Waals surface area (Å²) in [6.07, 6.45) is 0.455. The number of primary amides is 1. The van der Waals surface area contributed by atoms with Gasteiger partial charge in [-0.15, -0.1) is 0 Å². The fraction of sp³-hybridized carbons (Fsp3) is 0.190. The Balaban J connectivity index is 2.00. The molecule has 2 amide bonds. The first-order chi connectivity index (χ1) is 13.4. The van der Waals surface area contributed by atoms with E-state index in [1.165, 1.54) is 16.7 Å². The molecule has 7 heteroatoms. The number of nitrogens with zero attached hydrogens (tertiary/aromatic N) is 2. The van der Waals surface area contributed by atoms with Crippen molar-refractivity contribution in [1.82, 2.24) is 0 Å². The Bertz CT molecular complexity index is 993. The number of rotatable bonds is 5. The molecule has 1 aliphatic rings. The quantitative estimate of drug-likeness (QED) is 0.622. The third kappa shape index (κ3) is 3.87. The van der Waals surface area contributed by atoms with Crippen molar-refractivity contribution >= 4 is 29.3 Å². The van der Waals surface area contributed by atoms with E-state index in [1.807, 2.05) is 55.5 Å². The van der Waals surface area contributed by atoms with Crippen LogP contribution in [0.4, 0.5) is 5.69 Å². The van der Waals surface area contributed by atoms with E-state index < -0.39 is 11.2 Å². The van der Waals surface area contributed by atoms with E-state index >= 15 is 0 Å². The number of carbonyl (C=O) groups is 2. The SMILES string of the molecule is COc1ccc(C[C@H]2S/C(=C(\C#N)C(N)=O)N(c3cccc(C)c3)C2=O)cc1. The number of ether oxygens (including phenoxy) is 1. The molecule has 0 bridgehead atoms. The number of anilines is 1. The zero-order valence-electron chi connectivity index (χ0n) is 15.5. The molecule has 0 unspecified atom stereocenters. The van der Waals surface area contributed by atoms with Gasteiger partial charge < -0.3 is 10.5 Å². The first kappa shape index (κ1) is 19.5. The topological polar surface area (TPSA) is 96.4 Å². The molecule has 2 aromatic carbocycles. The molecule has 0 saturated carbocycles. The number of methoxy groups -OCH3 is 1. The Morgan fingerprint density at radius 3 is 2.57 bits per heavy atom. The molecular weight excluding hydrogens is 374 g/mol. The standard InChI is InChI=1S/C21H19N3O3S/c1-13-4-3-5-15(10-13)24-20(26)18(28-21(24)17(12-22)19(23)25)11-14-6-8-16(27-2)9-7-14/h3-10,18H,11H2,1-2H3,(H2,23,25)/b21-17+/t18-/m1/s1. The largest absolute Gasteiger partial charge is 0.497 e. The highest BCUT2D eigenvalue weighted by Gasteiger charge is 2.40. The molecule has 0 spiro atoms. The van der Waals surface area contributed by atoms with Gasteiger partial charge in [-0.2, -0.15) is 5.26 Å². The Kier molecular flexibility index (Phi) is 5.71. The van der Waals surface area contributed by atoms with Crippen LogP contribution in [-0.2, 0) is 16.0 Å². The minimum Gasteiger partial charge on any atom is -0.497 e. The summed E-state index contributed by atoms with van der Waals surface area (Å²) in [7, 11) is 1.59. The van der Waals surface area contributed by atoms with Crippen LogP contribution in [0.25, 0.3) is 0 Å². The normalized spacial score (nSPS) is 18.0. The van der Waals surface area contributed by atoms with E-state index in [9.17, 15) is 14.9 Å².